The Kier molecular flexibility index (Phi) is 13.0. The number of carbonyl (C=O) groups excluding carboxylic acids is 1. The van der Waals surface area contributed by atoms with Crippen LogP contribution in [0.5, 0.6) is 5.75 Å². The van der Waals surface area contributed by atoms with E-state index in [1.807, 2.05) is 12.1 Å². The topological polar surface area (TPSA) is 42.1 Å². The van der Waals surface area contributed by atoms with E-state index in [4.69, 9.17) is 16.3 Å². The van der Waals surface area contributed by atoms with Crippen molar-refractivity contribution in [3.8, 4) is 5.75 Å². The third kappa shape index (κ3) is 9.82. The molecule has 2 rings (SSSR count). The molecule has 0 saturated heterocycles. The highest BCUT2D eigenvalue weighted by Gasteiger charge is 2.14. The Morgan fingerprint density at radius 2 is 1.58 bits per heavy atom. The maximum absolute atomic E-state index is 12.2. The highest BCUT2D eigenvalue weighted by Crippen LogP contribution is 2.37. The van der Waals surface area contributed by atoms with E-state index in [0.717, 1.165) is 28.2 Å². The predicted molar refractivity (Wildman–Crippen MR) is 136 cm³/mol. The van der Waals surface area contributed by atoms with Crippen molar-refractivity contribution in [1.82, 2.24) is 4.98 Å². The van der Waals surface area contributed by atoms with Gasteiger partial charge in [-0.05, 0) is 60.2 Å². The van der Waals surface area contributed by atoms with Gasteiger partial charge in [-0.2, -0.15) is 0 Å². The number of fused-ring (bicyclic) bond motifs is 1. The van der Waals surface area contributed by atoms with Crippen molar-refractivity contribution < 1.29 is 9.53 Å². The third-order valence-electron chi connectivity index (χ3n) is 5.57. The molecule has 1 heterocycles. The average Bonchev–Trinajstić information content (AvgIpc) is 3.16. The monoisotopic (exact) mass is 509 g/mol. The molecule has 0 aliphatic rings. The molecule has 0 fully saturated rings. The lowest BCUT2D eigenvalue weighted by atomic mass is 10.1. The van der Waals surface area contributed by atoms with E-state index in [0.29, 0.717) is 17.2 Å². The highest BCUT2D eigenvalue weighted by atomic mass is 79.9. The Morgan fingerprint density at radius 1 is 0.968 bits per heavy atom. The molecule has 172 valence electrons. The van der Waals surface area contributed by atoms with Gasteiger partial charge in [0, 0.05) is 17.1 Å². The lowest BCUT2D eigenvalue weighted by molar-refractivity contribution is -0.134. The Labute approximate surface area is 201 Å². The zero-order chi connectivity index (χ0) is 22.3. The van der Waals surface area contributed by atoms with Gasteiger partial charge in [0.25, 0.3) is 0 Å². The van der Waals surface area contributed by atoms with E-state index >= 15 is 0 Å². The van der Waals surface area contributed by atoms with Crippen LogP contribution in [0.2, 0.25) is 5.02 Å². The van der Waals surface area contributed by atoms with Crippen LogP contribution < -0.4 is 4.74 Å². The lowest BCUT2D eigenvalue weighted by Crippen LogP contribution is -2.07. The number of aromatic amines is 1. The molecule has 0 radical (unpaired) electrons. The summed E-state index contributed by atoms with van der Waals surface area (Å²) in [5, 5.41) is 1.30. The summed E-state index contributed by atoms with van der Waals surface area (Å²) in [6, 6.07) is 3.78. The van der Waals surface area contributed by atoms with Gasteiger partial charge in [-0.1, -0.05) is 82.0 Å². The van der Waals surface area contributed by atoms with Gasteiger partial charge in [-0.15, -0.1) is 0 Å². The second-order valence-electron chi connectivity index (χ2n) is 8.25. The van der Waals surface area contributed by atoms with Crippen molar-refractivity contribution in [3.05, 3.63) is 40.0 Å². The number of aromatic nitrogens is 1. The number of allylic oxidation sites excluding steroid dienone is 2. The van der Waals surface area contributed by atoms with Crippen molar-refractivity contribution in [2.24, 2.45) is 0 Å². The molecular formula is C26H37BrClNO2. The molecule has 0 amide bonds. The summed E-state index contributed by atoms with van der Waals surface area (Å²) >= 11 is 9.75. The first-order valence-electron chi connectivity index (χ1n) is 11.9. The normalized spacial score (nSPS) is 11.6. The van der Waals surface area contributed by atoms with Crippen molar-refractivity contribution in [2.45, 2.75) is 96.8 Å². The molecule has 5 heteroatoms. The molecule has 0 aliphatic carbocycles. The molecule has 0 atom stereocenters. The smallest absolute Gasteiger partial charge is 0.311 e. The van der Waals surface area contributed by atoms with Gasteiger partial charge in [0.1, 0.15) is 0 Å². The van der Waals surface area contributed by atoms with Crippen LogP contribution in [0.1, 0.15) is 96.8 Å². The van der Waals surface area contributed by atoms with Crippen LogP contribution in [-0.4, -0.2) is 11.0 Å². The van der Waals surface area contributed by atoms with E-state index in [1.54, 1.807) is 6.20 Å². The molecule has 0 unspecified atom stereocenters. The first kappa shape index (κ1) is 26.0. The number of unbranched alkanes of at least 4 members (excludes halogenated alkanes) is 11. The second kappa shape index (κ2) is 15.5. The molecular weight excluding hydrogens is 474 g/mol. The van der Waals surface area contributed by atoms with Crippen LogP contribution in [0, 0.1) is 0 Å². The number of H-pyrrole nitrogens is 1. The van der Waals surface area contributed by atoms with Crippen LogP contribution in [0.25, 0.3) is 10.9 Å². The maximum Gasteiger partial charge on any atom is 0.311 e. The Hall–Kier alpha value is -1.26. The Bertz CT molecular complexity index is 815. The van der Waals surface area contributed by atoms with Crippen LogP contribution in [0.15, 0.2) is 35.0 Å². The van der Waals surface area contributed by atoms with Crippen molar-refractivity contribution in [1.29, 1.82) is 0 Å². The molecule has 2 aromatic rings. The number of ether oxygens (including phenoxy) is 1. The molecule has 0 spiro atoms. The Morgan fingerprint density at radius 3 is 2.26 bits per heavy atom. The molecule has 0 bridgehead atoms. The highest BCUT2D eigenvalue weighted by molar-refractivity contribution is 9.10. The first-order valence-corrected chi connectivity index (χ1v) is 13.1. The van der Waals surface area contributed by atoms with Crippen LogP contribution in [0.3, 0.4) is 0 Å². The van der Waals surface area contributed by atoms with Crippen molar-refractivity contribution in [2.75, 3.05) is 0 Å². The van der Waals surface area contributed by atoms with E-state index in [9.17, 15) is 4.79 Å². The van der Waals surface area contributed by atoms with Gasteiger partial charge in [-0.25, -0.2) is 0 Å². The van der Waals surface area contributed by atoms with Crippen LogP contribution >= 0.6 is 27.5 Å². The van der Waals surface area contributed by atoms with Gasteiger partial charge < -0.3 is 9.72 Å². The molecule has 0 aliphatic heterocycles. The molecule has 3 nitrogen and oxygen atoms in total. The summed E-state index contributed by atoms with van der Waals surface area (Å²) in [4.78, 5) is 15.3. The lowest BCUT2D eigenvalue weighted by Gasteiger charge is -2.05. The molecule has 1 aromatic heterocycles. The number of hydrogen-bond acceptors (Lipinski definition) is 2. The molecule has 1 aromatic carbocycles. The second-order valence-corrected chi connectivity index (χ2v) is 9.48. The minimum Gasteiger partial charge on any atom is -0.424 e. The van der Waals surface area contributed by atoms with Crippen molar-refractivity contribution >= 4 is 44.4 Å². The number of benzene rings is 1. The fourth-order valence-corrected chi connectivity index (χ4v) is 4.31. The fourth-order valence-electron chi connectivity index (χ4n) is 3.72. The zero-order valence-corrected chi connectivity index (χ0v) is 21.2. The van der Waals surface area contributed by atoms with Gasteiger partial charge in [0.15, 0.2) is 5.75 Å². The summed E-state index contributed by atoms with van der Waals surface area (Å²) in [5.74, 6) is 0.300. The summed E-state index contributed by atoms with van der Waals surface area (Å²) in [7, 11) is 0. The van der Waals surface area contributed by atoms with Crippen LogP contribution in [0.4, 0.5) is 0 Å². The zero-order valence-electron chi connectivity index (χ0n) is 18.9. The predicted octanol–water partition coefficient (Wildman–Crippen LogP) is 9.53. The van der Waals surface area contributed by atoms with Gasteiger partial charge >= 0.3 is 5.97 Å². The Balaban J connectivity index is 1.49. The largest absolute Gasteiger partial charge is 0.424 e. The van der Waals surface area contributed by atoms with Gasteiger partial charge in [0.05, 0.1) is 15.9 Å². The number of rotatable bonds is 16. The quantitative estimate of drug-likeness (QED) is 0.139. The molecule has 0 saturated carbocycles. The third-order valence-corrected chi connectivity index (χ3v) is 6.85. The standard InChI is InChI=1S/C26H37BrClNO2/c1-2-3-4-5-6-7-8-9-10-11-12-13-14-15-16-17-24(30)31-23-20-29-22-19-18-21(27)26(28)25(22)23/h9-10,18-20,29H,2-8,11-17H2,1H3/b10-9+. The van der Waals surface area contributed by atoms with E-state index in [-0.39, 0.29) is 5.97 Å². The fraction of sp³-hybridized carbons (Fsp3) is 0.577. The van der Waals surface area contributed by atoms with Crippen LogP contribution in [-0.2, 0) is 4.79 Å². The SMILES string of the molecule is CCCCCCCC/C=C/CCCCCCCC(=O)Oc1c[nH]c2ccc(Br)c(Cl)c12. The maximum atomic E-state index is 12.2. The van der Waals surface area contributed by atoms with Crippen molar-refractivity contribution in [3.63, 3.8) is 0 Å². The number of hydrogen-bond donors (Lipinski definition) is 1. The summed E-state index contributed by atoms with van der Waals surface area (Å²) < 4.78 is 6.33. The number of esters is 1. The van der Waals surface area contributed by atoms with E-state index in [1.165, 1.54) is 70.6 Å². The summed E-state index contributed by atoms with van der Waals surface area (Å²) in [5.41, 5.74) is 0.858. The molecule has 31 heavy (non-hydrogen) atoms. The first-order chi connectivity index (χ1) is 15.1. The van der Waals surface area contributed by atoms with Gasteiger partial charge in [-0.3, -0.25) is 4.79 Å². The average molecular weight is 511 g/mol. The number of halogens is 2. The number of nitrogens with one attached hydrogen (secondary N) is 1. The minimum absolute atomic E-state index is 0.199. The summed E-state index contributed by atoms with van der Waals surface area (Å²) in [6.07, 6.45) is 23.0. The number of carbonyl (C=O) groups is 1. The van der Waals surface area contributed by atoms with E-state index < -0.39 is 0 Å². The molecule has 1 N–H and O–H groups in total. The van der Waals surface area contributed by atoms with Gasteiger partial charge in [0.2, 0.25) is 0 Å². The van der Waals surface area contributed by atoms with E-state index in [2.05, 4.69) is 40.0 Å². The minimum atomic E-state index is -0.199. The summed E-state index contributed by atoms with van der Waals surface area (Å²) in [6.45, 7) is 2.26.